The van der Waals surface area contributed by atoms with Gasteiger partial charge in [0.05, 0.1) is 6.54 Å². The summed E-state index contributed by atoms with van der Waals surface area (Å²) in [6, 6.07) is 15.6. The first-order valence-electron chi connectivity index (χ1n) is 8.72. The maximum Gasteiger partial charge on any atom is 0.276 e. The van der Waals surface area contributed by atoms with E-state index in [1.54, 1.807) is 6.07 Å². The zero-order valence-corrected chi connectivity index (χ0v) is 14.8. The molecule has 0 bridgehead atoms. The van der Waals surface area contributed by atoms with Crippen molar-refractivity contribution in [3.05, 3.63) is 59.7 Å². The van der Waals surface area contributed by atoms with Crippen LogP contribution >= 0.6 is 0 Å². The van der Waals surface area contributed by atoms with Crippen molar-refractivity contribution in [1.82, 2.24) is 10.9 Å². The first kappa shape index (κ1) is 17.8. The van der Waals surface area contributed by atoms with E-state index in [9.17, 15) is 9.59 Å². The minimum absolute atomic E-state index is 0.155. The fourth-order valence-electron chi connectivity index (χ4n) is 3.03. The molecule has 3 rings (SSSR count). The number of fused-ring (bicyclic) bond motifs is 1. The van der Waals surface area contributed by atoms with Crippen LogP contribution in [0.1, 0.15) is 17.5 Å². The number of aryl methyl sites for hydroxylation is 2. The van der Waals surface area contributed by atoms with Gasteiger partial charge in [-0.3, -0.25) is 20.4 Å². The highest BCUT2D eigenvalue weighted by atomic mass is 16.5. The fourth-order valence-corrected chi connectivity index (χ4v) is 3.03. The van der Waals surface area contributed by atoms with Crippen molar-refractivity contribution in [2.75, 3.05) is 24.6 Å². The molecule has 0 aliphatic carbocycles. The average molecular weight is 353 g/mol. The van der Waals surface area contributed by atoms with E-state index >= 15 is 0 Å². The maximum absolute atomic E-state index is 12.1. The van der Waals surface area contributed by atoms with Crippen molar-refractivity contribution in [3.8, 4) is 5.75 Å². The molecule has 1 aliphatic rings. The number of nitrogens with zero attached hydrogens (tertiary/aromatic N) is 1. The Morgan fingerprint density at radius 3 is 2.62 bits per heavy atom. The van der Waals surface area contributed by atoms with Crippen molar-refractivity contribution >= 4 is 17.5 Å². The van der Waals surface area contributed by atoms with E-state index in [2.05, 4.69) is 16.9 Å². The Balaban J connectivity index is 1.44. The molecule has 1 heterocycles. The van der Waals surface area contributed by atoms with Gasteiger partial charge in [0, 0.05) is 12.2 Å². The summed E-state index contributed by atoms with van der Waals surface area (Å²) in [5, 5.41) is 0. The molecule has 0 aromatic heterocycles. The van der Waals surface area contributed by atoms with Gasteiger partial charge in [0.2, 0.25) is 0 Å². The van der Waals surface area contributed by atoms with E-state index in [-0.39, 0.29) is 19.1 Å². The number of rotatable bonds is 5. The monoisotopic (exact) mass is 353 g/mol. The largest absolute Gasteiger partial charge is 0.483 e. The van der Waals surface area contributed by atoms with Crippen molar-refractivity contribution in [2.24, 2.45) is 0 Å². The smallest absolute Gasteiger partial charge is 0.276 e. The van der Waals surface area contributed by atoms with E-state index in [4.69, 9.17) is 4.74 Å². The minimum Gasteiger partial charge on any atom is -0.483 e. The second-order valence-electron chi connectivity index (χ2n) is 6.30. The van der Waals surface area contributed by atoms with Crippen LogP contribution in [0, 0.1) is 6.92 Å². The van der Waals surface area contributed by atoms with Gasteiger partial charge in [-0.15, -0.1) is 0 Å². The summed E-state index contributed by atoms with van der Waals surface area (Å²) in [7, 11) is 0. The molecule has 2 aromatic rings. The molecule has 2 aromatic carbocycles. The van der Waals surface area contributed by atoms with E-state index in [1.165, 1.54) is 5.56 Å². The second kappa shape index (κ2) is 8.38. The number of amides is 2. The lowest BCUT2D eigenvalue weighted by Crippen LogP contribution is -2.48. The number of benzene rings is 2. The molecule has 6 nitrogen and oxygen atoms in total. The van der Waals surface area contributed by atoms with E-state index in [1.807, 2.05) is 48.2 Å². The van der Waals surface area contributed by atoms with Crippen LogP contribution < -0.4 is 20.5 Å². The summed E-state index contributed by atoms with van der Waals surface area (Å²) in [6.07, 6.45) is 2.04. The van der Waals surface area contributed by atoms with E-state index in [0.29, 0.717) is 5.75 Å². The summed E-state index contributed by atoms with van der Waals surface area (Å²) >= 11 is 0. The Morgan fingerprint density at radius 2 is 1.77 bits per heavy atom. The normalized spacial score (nSPS) is 12.9. The Bertz CT molecular complexity index is 791. The Labute approximate surface area is 153 Å². The molecule has 2 N–H and O–H groups in total. The zero-order chi connectivity index (χ0) is 18.4. The third-order valence-corrected chi connectivity index (χ3v) is 4.33. The predicted octanol–water partition coefficient (Wildman–Crippen LogP) is 1.97. The molecule has 0 unspecified atom stereocenters. The Morgan fingerprint density at radius 1 is 1.04 bits per heavy atom. The molecule has 6 heteroatoms. The molecule has 0 atom stereocenters. The number of hydrogen-bond donors (Lipinski definition) is 2. The Kier molecular flexibility index (Phi) is 5.73. The lowest BCUT2D eigenvalue weighted by molar-refractivity contribution is -0.129. The highest BCUT2D eigenvalue weighted by Gasteiger charge is 2.18. The lowest BCUT2D eigenvalue weighted by atomic mass is 10.0. The molecule has 0 saturated heterocycles. The number of nitrogens with one attached hydrogen (secondary N) is 2. The first-order valence-corrected chi connectivity index (χ1v) is 8.72. The topological polar surface area (TPSA) is 70.7 Å². The summed E-state index contributed by atoms with van der Waals surface area (Å²) in [4.78, 5) is 26.0. The first-order chi connectivity index (χ1) is 12.6. The van der Waals surface area contributed by atoms with Crippen LogP contribution in [-0.4, -0.2) is 31.5 Å². The molecule has 1 aliphatic heterocycles. The second-order valence-corrected chi connectivity index (χ2v) is 6.30. The lowest BCUT2D eigenvalue weighted by Gasteiger charge is -2.30. The molecule has 0 spiro atoms. The SMILES string of the molecule is Cc1ccccc1OCC(=O)NNC(=O)CN1CCCc2ccccc21. The number of hydrogen-bond acceptors (Lipinski definition) is 4. The van der Waals surface area contributed by atoms with Crippen molar-refractivity contribution in [1.29, 1.82) is 0 Å². The van der Waals surface area contributed by atoms with Crippen LogP contribution in [0.4, 0.5) is 5.69 Å². The standard InChI is InChI=1S/C20H23N3O3/c1-15-7-2-5-11-18(15)26-14-20(25)22-21-19(24)13-23-12-6-9-16-8-3-4-10-17(16)23/h2-5,7-8,10-11H,6,9,12-14H2,1H3,(H,21,24)(H,22,25). The molecule has 0 radical (unpaired) electrons. The predicted molar refractivity (Wildman–Crippen MR) is 99.9 cm³/mol. The van der Waals surface area contributed by atoms with Crippen LogP contribution in [0.5, 0.6) is 5.75 Å². The third kappa shape index (κ3) is 4.53. The van der Waals surface area contributed by atoms with Crippen molar-refractivity contribution in [3.63, 3.8) is 0 Å². The summed E-state index contributed by atoms with van der Waals surface area (Å²) < 4.78 is 5.45. The molecule has 0 saturated carbocycles. The number of carbonyl (C=O) groups excluding carboxylic acids is 2. The fraction of sp³-hybridized carbons (Fsp3) is 0.300. The number of hydrazine groups is 1. The van der Waals surface area contributed by atoms with Crippen LogP contribution in [0.2, 0.25) is 0 Å². The minimum atomic E-state index is -0.402. The molecule has 136 valence electrons. The summed E-state index contributed by atoms with van der Waals surface area (Å²) in [5.41, 5.74) is 8.14. The summed E-state index contributed by atoms with van der Waals surface area (Å²) in [6.45, 7) is 2.79. The number of carbonyl (C=O) groups is 2. The van der Waals surface area contributed by atoms with Crippen molar-refractivity contribution < 1.29 is 14.3 Å². The highest BCUT2D eigenvalue weighted by molar-refractivity contribution is 5.85. The van der Waals surface area contributed by atoms with Gasteiger partial charge in [-0.05, 0) is 43.0 Å². The molecule has 2 amide bonds. The van der Waals surface area contributed by atoms with Gasteiger partial charge in [0.1, 0.15) is 5.75 Å². The van der Waals surface area contributed by atoms with Crippen LogP contribution in [0.15, 0.2) is 48.5 Å². The maximum atomic E-state index is 12.1. The van der Waals surface area contributed by atoms with E-state index in [0.717, 1.165) is 30.6 Å². The molecular formula is C20H23N3O3. The van der Waals surface area contributed by atoms with Gasteiger partial charge in [-0.1, -0.05) is 36.4 Å². The molecular weight excluding hydrogens is 330 g/mol. The molecule has 0 fully saturated rings. The molecule has 26 heavy (non-hydrogen) atoms. The highest BCUT2D eigenvalue weighted by Crippen LogP contribution is 2.26. The zero-order valence-electron chi connectivity index (χ0n) is 14.8. The number of ether oxygens (including phenoxy) is 1. The van der Waals surface area contributed by atoms with Crippen LogP contribution in [0.3, 0.4) is 0 Å². The average Bonchev–Trinajstić information content (AvgIpc) is 2.66. The van der Waals surface area contributed by atoms with Gasteiger partial charge >= 0.3 is 0 Å². The van der Waals surface area contributed by atoms with Gasteiger partial charge in [-0.25, -0.2) is 0 Å². The quantitative estimate of drug-likeness (QED) is 0.807. The van der Waals surface area contributed by atoms with Crippen LogP contribution in [-0.2, 0) is 16.0 Å². The van der Waals surface area contributed by atoms with Gasteiger partial charge in [-0.2, -0.15) is 0 Å². The number of para-hydroxylation sites is 2. The number of anilines is 1. The van der Waals surface area contributed by atoms with Gasteiger partial charge in [0.15, 0.2) is 6.61 Å². The van der Waals surface area contributed by atoms with Gasteiger partial charge < -0.3 is 9.64 Å². The van der Waals surface area contributed by atoms with Crippen molar-refractivity contribution in [2.45, 2.75) is 19.8 Å². The summed E-state index contributed by atoms with van der Waals surface area (Å²) in [5.74, 6) is -0.00880. The third-order valence-electron chi connectivity index (χ3n) is 4.33. The van der Waals surface area contributed by atoms with Crippen LogP contribution in [0.25, 0.3) is 0 Å². The Hall–Kier alpha value is -3.02. The van der Waals surface area contributed by atoms with E-state index < -0.39 is 5.91 Å². The van der Waals surface area contributed by atoms with Gasteiger partial charge in [0.25, 0.3) is 11.8 Å².